The summed E-state index contributed by atoms with van der Waals surface area (Å²) in [6.07, 6.45) is 2.86. The number of benzene rings is 1. The van der Waals surface area contributed by atoms with Crippen LogP contribution < -0.4 is 10.1 Å². The largest absolute Gasteiger partial charge is 0.495 e. The van der Waals surface area contributed by atoms with Gasteiger partial charge in [0.15, 0.2) is 0 Å². The van der Waals surface area contributed by atoms with Gasteiger partial charge in [0, 0.05) is 19.8 Å². The molecule has 0 atom stereocenters. The highest BCUT2D eigenvalue weighted by Gasteiger charge is 2.07. The fourth-order valence-electron chi connectivity index (χ4n) is 2.08. The maximum atomic E-state index is 8.96. The van der Waals surface area contributed by atoms with Crippen LogP contribution in [0.15, 0.2) is 24.4 Å². The summed E-state index contributed by atoms with van der Waals surface area (Å²) in [6.45, 7) is 2.75. The third-order valence-corrected chi connectivity index (χ3v) is 3.11. The number of aromatic nitrogens is 2. The third-order valence-electron chi connectivity index (χ3n) is 3.11. The van der Waals surface area contributed by atoms with Gasteiger partial charge in [-0.15, -0.1) is 0 Å². The number of aryl methyl sites for hydroxylation is 2. The zero-order valence-corrected chi connectivity index (χ0v) is 12.0. The van der Waals surface area contributed by atoms with Crippen LogP contribution in [0.2, 0.25) is 0 Å². The van der Waals surface area contributed by atoms with Crippen LogP contribution in [0.3, 0.4) is 0 Å². The van der Waals surface area contributed by atoms with E-state index in [9.17, 15) is 0 Å². The Labute approximate surface area is 118 Å². The average Bonchev–Trinajstić information content (AvgIpc) is 2.84. The highest BCUT2D eigenvalue weighted by molar-refractivity contribution is 5.49. The molecule has 0 fully saturated rings. The Kier molecular flexibility index (Phi) is 4.26. The second-order valence-electron chi connectivity index (χ2n) is 4.52. The molecule has 0 saturated carbocycles. The quantitative estimate of drug-likeness (QED) is 0.906. The second-order valence-corrected chi connectivity index (χ2v) is 4.52. The monoisotopic (exact) mass is 270 g/mol. The molecule has 0 saturated heterocycles. The van der Waals surface area contributed by atoms with Gasteiger partial charge in [-0.1, -0.05) is 13.0 Å². The SMILES string of the molecule is CCc1nn(C)cc1NCc1ccc(C#N)c(OC)c1. The number of methoxy groups -OCH3 is 1. The van der Waals surface area contributed by atoms with Gasteiger partial charge in [0.1, 0.15) is 11.8 Å². The first kappa shape index (κ1) is 13.9. The zero-order chi connectivity index (χ0) is 14.5. The van der Waals surface area contributed by atoms with E-state index in [0.29, 0.717) is 17.9 Å². The fraction of sp³-hybridized carbons (Fsp3) is 0.333. The van der Waals surface area contributed by atoms with E-state index in [1.165, 1.54) is 0 Å². The lowest BCUT2D eigenvalue weighted by Crippen LogP contribution is -2.01. The Balaban J connectivity index is 2.13. The van der Waals surface area contributed by atoms with Gasteiger partial charge in [-0.05, 0) is 24.1 Å². The van der Waals surface area contributed by atoms with Gasteiger partial charge in [-0.2, -0.15) is 10.4 Å². The van der Waals surface area contributed by atoms with E-state index in [4.69, 9.17) is 10.00 Å². The highest BCUT2D eigenvalue weighted by atomic mass is 16.5. The van der Waals surface area contributed by atoms with Crippen molar-refractivity contribution in [3.63, 3.8) is 0 Å². The summed E-state index contributed by atoms with van der Waals surface area (Å²) >= 11 is 0. The van der Waals surface area contributed by atoms with Gasteiger partial charge in [0.2, 0.25) is 0 Å². The number of anilines is 1. The number of rotatable bonds is 5. The summed E-state index contributed by atoms with van der Waals surface area (Å²) in [7, 11) is 3.48. The molecule has 1 aromatic carbocycles. The molecule has 0 spiro atoms. The first-order valence-corrected chi connectivity index (χ1v) is 6.51. The topological polar surface area (TPSA) is 62.9 Å². The molecule has 1 aromatic heterocycles. The van der Waals surface area contributed by atoms with E-state index in [-0.39, 0.29) is 0 Å². The normalized spacial score (nSPS) is 10.1. The van der Waals surface area contributed by atoms with E-state index in [0.717, 1.165) is 23.4 Å². The smallest absolute Gasteiger partial charge is 0.136 e. The molecule has 0 aliphatic heterocycles. The van der Waals surface area contributed by atoms with Gasteiger partial charge >= 0.3 is 0 Å². The molecule has 5 nitrogen and oxygen atoms in total. The lowest BCUT2D eigenvalue weighted by molar-refractivity contribution is 0.413. The Hall–Kier alpha value is -2.48. The Morgan fingerprint density at radius 2 is 2.25 bits per heavy atom. The maximum absolute atomic E-state index is 8.96. The van der Waals surface area contributed by atoms with Gasteiger partial charge in [-0.3, -0.25) is 4.68 Å². The molecule has 0 amide bonds. The van der Waals surface area contributed by atoms with E-state index >= 15 is 0 Å². The molecule has 2 rings (SSSR count). The molecule has 1 heterocycles. The van der Waals surface area contributed by atoms with Crippen LogP contribution in [-0.2, 0) is 20.0 Å². The molecule has 1 N–H and O–H groups in total. The predicted octanol–water partition coefficient (Wildman–Crippen LogP) is 2.47. The van der Waals surface area contributed by atoms with Crippen LogP contribution in [-0.4, -0.2) is 16.9 Å². The molecular weight excluding hydrogens is 252 g/mol. The van der Waals surface area contributed by atoms with E-state index < -0.39 is 0 Å². The Bertz CT molecular complexity index is 640. The van der Waals surface area contributed by atoms with Gasteiger partial charge in [-0.25, -0.2) is 0 Å². The minimum atomic E-state index is 0.548. The van der Waals surface area contributed by atoms with Gasteiger partial charge in [0.05, 0.1) is 24.1 Å². The molecule has 0 aliphatic carbocycles. The zero-order valence-electron chi connectivity index (χ0n) is 12.0. The fourth-order valence-corrected chi connectivity index (χ4v) is 2.08. The summed E-state index contributed by atoms with van der Waals surface area (Å²) in [5.41, 5.74) is 3.70. The number of nitrogens with zero attached hydrogens (tertiary/aromatic N) is 3. The third kappa shape index (κ3) is 2.91. The molecule has 0 aliphatic rings. The number of hydrogen-bond donors (Lipinski definition) is 1. The van der Waals surface area contributed by atoms with Crippen LogP contribution >= 0.6 is 0 Å². The van der Waals surface area contributed by atoms with Crippen LogP contribution in [0.1, 0.15) is 23.7 Å². The number of hydrogen-bond acceptors (Lipinski definition) is 4. The van der Waals surface area contributed by atoms with Crippen molar-refractivity contribution in [2.24, 2.45) is 7.05 Å². The molecule has 5 heteroatoms. The van der Waals surface area contributed by atoms with Crippen LogP contribution in [0.5, 0.6) is 5.75 Å². The van der Waals surface area contributed by atoms with E-state index in [2.05, 4.69) is 23.4 Å². The lowest BCUT2D eigenvalue weighted by Gasteiger charge is -2.08. The average molecular weight is 270 g/mol. The Morgan fingerprint density at radius 3 is 2.90 bits per heavy atom. The molecule has 0 unspecified atom stereocenters. The van der Waals surface area contributed by atoms with Crippen molar-refractivity contribution >= 4 is 5.69 Å². The standard InChI is InChI=1S/C15H18N4O/c1-4-13-14(10-19(2)18-13)17-9-11-5-6-12(8-16)15(7-11)20-3/h5-7,10,17H,4,9H2,1-3H3. The van der Waals surface area contributed by atoms with Crippen molar-refractivity contribution in [3.05, 3.63) is 41.2 Å². The molecular formula is C15H18N4O. The molecule has 20 heavy (non-hydrogen) atoms. The molecule has 2 aromatic rings. The van der Waals surface area contributed by atoms with Crippen molar-refractivity contribution in [1.82, 2.24) is 9.78 Å². The molecule has 0 bridgehead atoms. The highest BCUT2D eigenvalue weighted by Crippen LogP contribution is 2.21. The van der Waals surface area contributed by atoms with Gasteiger partial charge in [0.25, 0.3) is 0 Å². The van der Waals surface area contributed by atoms with Crippen molar-refractivity contribution in [3.8, 4) is 11.8 Å². The molecule has 0 radical (unpaired) electrons. The van der Waals surface area contributed by atoms with Crippen molar-refractivity contribution in [1.29, 1.82) is 5.26 Å². The summed E-state index contributed by atoms with van der Waals surface area (Å²) in [4.78, 5) is 0. The van der Waals surface area contributed by atoms with Crippen molar-refractivity contribution in [2.45, 2.75) is 19.9 Å². The van der Waals surface area contributed by atoms with Gasteiger partial charge < -0.3 is 10.1 Å². The minimum Gasteiger partial charge on any atom is -0.495 e. The number of nitriles is 1. The summed E-state index contributed by atoms with van der Waals surface area (Å²) < 4.78 is 7.02. The first-order valence-electron chi connectivity index (χ1n) is 6.51. The summed E-state index contributed by atoms with van der Waals surface area (Å²) in [6, 6.07) is 7.70. The van der Waals surface area contributed by atoms with Crippen molar-refractivity contribution in [2.75, 3.05) is 12.4 Å². The van der Waals surface area contributed by atoms with E-state index in [1.54, 1.807) is 17.9 Å². The van der Waals surface area contributed by atoms with Crippen molar-refractivity contribution < 1.29 is 4.74 Å². The van der Waals surface area contributed by atoms with Crippen LogP contribution in [0.25, 0.3) is 0 Å². The number of ether oxygens (including phenoxy) is 1. The van der Waals surface area contributed by atoms with Crippen LogP contribution in [0, 0.1) is 11.3 Å². The minimum absolute atomic E-state index is 0.548. The molecule has 104 valence electrons. The lowest BCUT2D eigenvalue weighted by atomic mass is 10.1. The van der Waals surface area contributed by atoms with E-state index in [1.807, 2.05) is 25.4 Å². The van der Waals surface area contributed by atoms with Crippen LogP contribution in [0.4, 0.5) is 5.69 Å². The summed E-state index contributed by atoms with van der Waals surface area (Å²) in [5.74, 6) is 0.605. The Morgan fingerprint density at radius 1 is 1.45 bits per heavy atom. The number of nitrogens with one attached hydrogen (secondary N) is 1. The maximum Gasteiger partial charge on any atom is 0.136 e. The second kappa shape index (κ2) is 6.11. The predicted molar refractivity (Wildman–Crippen MR) is 77.6 cm³/mol. The first-order chi connectivity index (χ1) is 9.67. The summed E-state index contributed by atoms with van der Waals surface area (Å²) in [5, 5.41) is 16.7.